The number of hydrogen-bond donors (Lipinski definition) is 0. The average molecular weight is 973 g/mol. The van der Waals surface area contributed by atoms with E-state index in [9.17, 15) is 19.2 Å². The fourth-order valence-corrected chi connectivity index (χ4v) is 6.99. The number of unbranched alkanes of at least 4 members (excludes halogenated alkanes) is 14. The first kappa shape index (κ1) is 57.9. The number of carbonyl (C=O) groups excluding carboxylic acids is 4. The molecule has 0 saturated carbocycles. The lowest BCUT2D eigenvalue weighted by atomic mass is 10.1. The fraction of sp³-hybridized carbons (Fsp3) is 0.500. The fourth-order valence-electron chi connectivity index (χ4n) is 6.99. The maximum Gasteiger partial charge on any atom is 0.342 e. The lowest BCUT2D eigenvalue weighted by Gasteiger charge is -2.14. The molecule has 0 spiro atoms. The topological polar surface area (TPSA) is 161 Å². The molecule has 0 radical (unpaired) electrons. The van der Waals surface area contributed by atoms with Gasteiger partial charge in [0.05, 0.1) is 68.1 Å². The van der Waals surface area contributed by atoms with Crippen LogP contribution in [-0.4, -0.2) is 92.0 Å². The van der Waals surface area contributed by atoms with Crippen LogP contribution in [0.5, 0.6) is 34.5 Å². The third-order valence-electron chi connectivity index (χ3n) is 11.0. The minimum absolute atomic E-state index is 0.325. The van der Waals surface area contributed by atoms with Crippen LogP contribution in [0.3, 0.4) is 0 Å². The van der Waals surface area contributed by atoms with Gasteiger partial charge in [0.1, 0.15) is 17.1 Å². The van der Waals surface area contributed by atoms with Gasteiger partial charge in [0.2, 0.25) is 0 Å². The first-order valence-corrected chi connectivity index (χ1v) is 24.6. The summed E-state index contributed by atoms with van der Waals surface area (Å²) >= 11 is 0. The van der Waals surface area contributed by atoms with Crippen molar-refractivity contribution < 1.29 is 66.5 Å². The number of methoxy groups -OCH3 is 4. The molecule has 0 aliphatic heterocycles. The first-order chi connectivity index (χ1) is 34.1. The SMILES string of the molecule is C=C(C)C(=O)OCCCCCCCCCCCOC(=O)c1cc(OCCCCCCOc2ccc(/C=C/C(=O)OC)cc2OC)ccc1OCCCCCCOc1ccc(/C=C/C(=O)OC)cc1OC. The molecule has 0 N–H and O–H groups in total. The number of rotatable bonds is 38. The van der Waals surface area contributed by atoms with Gasteiger partial charge in [0.25, 0.3) is 0 Å². The van der Waals surface area contributed by atoms with Crippen molar-refractivity contribution in [2.75, 3.05) is 68.1 Å². The first-order valence-electron chi connectivity index (χ1n) is 24.6. The molecule has 0 aliphatic rings. The van der Waals surface area contributed by atoms with E-state index in [1.165, 1.54) is 26.4 Å². The van der Waals surface area contributed by atoms with E-state index in [1.54, 1.807) is 57.6 Å². The van der Waals surface area contributed by atoms with E-state index in [0.717, 1.165) is 120 Å². The van der Waals surface area contributed by atoms with Gasteiger partial charge < -0.3 is 47.4 Å². The van der Waals surface area contributed by atoms with E-state index in [4.69, 9.17) is 37.9 Å². The van der Waals surface area contributed by atoms with Crippen LogP contribution in [0.25, 0.3) is 12.2 Å². The molecule has 0 aromatic heterocycles. The highest BCUT2D eigenvalue weighted by Gasteiger charge is 2.17. The van der Waals surface area contributed by atoms with Gasteiger partial charge in [0.15, 0.2) is 23.0 Å². The quantitative estimate of drug-likeness (QED) is 0.0231. The van der Waals surface area contributed by atoms with Crippen molar-refractivity contribution in [3.05, 3.63) is 95.6 Å². The minimum atomic E-state index is -0.433. The maximum atomic E-state index is 13.5. The summed E-state index contributed by atoms with van der Waals surface area (Å²) in [6, 6.07) is 16.3. The zero-order valence-electron chi connectivity index (χ0n) is 42.2. The van der Waals surface area contributed by atoms with Crippen molar-refractivity contribution in [1.82, 2.24) is 0 Å². The van der Waals surface area contributed by atoms with Crippen molar-refractivity contribution in [2.24, 2.45) is 0 Å². The molecule has 0 saturated heterocycles. The minimum Gasteiger partial charge on any atom is -0.494 e. The van der Waals surface area contributed by atoms with Gasteiger partial charge >= 0.3 is 23.9 Å². The predicted molar refractivity (Wildman–Crippen MR) is 271 cm³/mol. The summed E-state index contributed by atoms with van der Waals surface area (Å²) in [5.74, 6) is 1.85. The van der Waals surface area contributed by atoms with Gasteiger partial charge in [-0.15, -0.1) is 0 Å². The van der Waals surface area contributed by atoms with Crippen molar-refractivity contribution in [3.63, 3.8) is 0 Å². The molecular weight excluding hydrogens is 897 g/mol. The molecule has 14 nitrogen and oxygen atoms in total. The zero-order valence-corrected chi connectivity index (χ0v) is 42.2. The zero-order chi connectivity index (χ0) is 50.6. The normalized spacial score (nSPS) is 11.0. The van der Waals surface area contributed by atoms with Gasteiger partial charge in [0, 0.05) is 17.7 Å². The second-order valence-electron chi connectivity index (χ2n) is 16.6. The standard InChI is InChI=1S/C56H76O14/c1-43(2)55(59)69-38-22-12-10-8-7-9-11-13-23-39-70-56(60)47-42-46(65-34-18-14-15-20-36-67-49-29-24-44(40-51(49)61-3)26-32-53(57)63-5)28-31-48(47)66-35-19-16-17-21-37-68-50-30-25-45(41-52(50)62-4)27-33-54(58)64-6/h24-33,40-42H,1,7-23,34-39H2,2-6H3/b32-26+,33-27+. The molecule has 0 fully saturated rings. The predicted octanol–water partition coefficient (Wildman–Crippen LogP) is 11.9. The van der Waals surface area contributed by atoms with Crippen LogP contribution >= 0.6 is 0 Å². The van der Waals surface area contributed by atoms with E-state index in [-0.39, 0.29) is 5.97 Å². The third-order valence-corrected chi connectivity index (χ3v) is 11.0. The van der Waals surface area contributed by atoms with E-state index >= 15 is 0 Å². The third kappa shape index (κ3) is 24.2. The number of ether oxygens (including phenoxy) is 10. The van der Waals surface area contributed by atoms with Gasteiger partial charge in [-0.2, -0.15) is 0 Å². The monoisotopic (exact) mass is 973 g/mol. The second-order valence-corrected chi connectivity index (χ2v) is 16.6. The van der Waals surface area contributed by atoms with Crippen molar-refractivity contribution in [2.45, 2.75) is 116 Å². The smallest absolute Gasteiger partial charge is 0.342 e. The lowest BCUT2D eigenvalue weighted by Crippen LogP contribution is -2.10. The maximum absolute atomic E-state index is 13.5. The summed E-state index contributed by atoms with van der Waals surface area (Å²) < 4.78 is 55.4. The summed E-state index contributed by atoms with van der Waals surface area (Å²) in [5, 5.41) is 0. The molecule has 3 aromatic carbocycles. The molecule has 384 valence electrons. The Labute approximate surface area is 415 Å². The van der Waals surface area contributed by atoms with Crippen LogP contribution in [0.15, 0.2) is 78.9 Å². The number of esters is 4. The Morgan fingerprint density at radius 3 is 1.26 bits per heavy atom. The summed E-state index contributed by atoms with van der Waals surface area (Å²) in [6.07, 6.45) is 22.3. The highest BCUT2D eigenvalue weighted by molar-refractivity contribution is 5.93. The van der Waals surface area contributed by atoms with Crippen LogP contribution in [0.4, 0.5) is 0 Å². The molecule has 0 heterocycles. The summed E-state index contributed by atoms with van der Waals surface area (Å²) in [4.78, 5) is 47.8. The molecule has 0 bridgehead atoms. The van der Waals surface area contributed by atoms with Gasteiger partial charge in [-0.3, -0.25) is 0 Å². The van der Waals surface area contributed by atoms with Gasteiger partial charge in [-0.1, -0.05) is 63.7 Å². The largest absolute Gasteiger partial charge is 0.494 e. The van der Waals surface area contributed by atoms with E-state index in [2.05, 4.69) is 16.1 Å². The van der Waals surface area contributed by atoms with E-state index in [1.807, 2.05) is 30.3 Å². The Balaban J connectivity index is 1.42. The molecule has 3 rings (SSSR count). The lowest BCUT2D eigenvalue weighted by molar-refractivity contribution is -0.139. The summed E-state index contributed by atoms with van der Waals surface area (Å²) in [6.45, 7) is 8.00. The van der Waals surface area contributed by atoms with Crippen LogP contribution in [0.1, 0.15) is 138 Å². The van der Waals surface area contributed by atoms with Gasteiger partial charge in [-0.05, 0) is 137 Å². The molecule has 0 aliphatic carbocycles. The van der Waals surface area contributed by atoms with Crippen molar-refractivity contribution in [3.8, 4) is 34.5 Å². The van der Waals surface area contributed by atoms with E-state index < -0.39 is 17.9 Å². The molecule has 0 amide bonds. The van der Waals surface area contributed by atoms with Crippen molar-refractivity contribution in [1.29, 1.82) is 0 Å². The number of hydrogen-bond acceptors (Lipinski definition) is 14. The Kier molecular flexibility index (Phi) is 29.5. The number of benzene rings is 3. The molecule has 3 aromatic rings. The van der Waals surface area contributed by atoms with E-state index in [0.29, 0.717) is 85.3 Å². The Morgan fingerprint density at radius 2 is 0.829 bits per heavy atom. The average Bonchev–Trinajstić information content (AvgIpc) is 3.37. The molecule has 70 heavy (non-hydrogen) atoms. The summed E-state index contributed by atoms with van der Waals surface area (Å²) in [5.41, 5.74) is 2.36. The molecular formula is C56H76O14. The molecule has 0 atom stereocenters. The number of carbonyl (C=O) groups is 4. The van der Waals surface area contributed by atoms with Crippen molar-refractivity contribution >= 4 is 36.0 Å². The van der Waals surface area contributed by atoms with Gasteiger partial charge in [-0.25, -0.2) is 19.2 Å². The Morgan fingerprint density at radius 1 is 0.443 bits per heavy atom. The Hall–Kier alpha value is -6.44. The Bertz CT molecular complexity index is 2090. The molecule has 14 heteroatoms. The van der Waals surface area contributed by atoms with Crippen LogP contribution in [0, 0.1) is 0 Å². The molecule has 0 unspecified atom stereocenters. The van der Waals surface area contributed by atoms with Crippen LogP contribution in [0.2, 0.25) is 0 Å². The highest BCUT2D eigenvalue weighted by Crippen LogP contribution is 2.31. The van der Waals surface area contributed by atoms with Crippen LogP contribution < -0.4 is 28.4 Å². The summed E-state index contributed by atoms with van der Waals surface area (Å²) in [7, 11) is 5.82. The van der Waals surface area contributed by atoms with Crippen LogP contribution in [-0.2, 0) is 33.3 Å². The highest BCUT2D eigenvalue weighted by atomic mass is 16.5. The second kappa shape index (κ2) is 35.6.